The van der Waals surface area contributed by atoms with Crippen molar-refractivity contribution in [3.05, 3.63) is 0 Å². The summed E-state index contributed by atoms with van der Waals surface area (Å²) >= 11 is 0. The van der Waals surface area contributed by atoms with Gasteiger partial charge >= 0.3 is 6.03 Å². The minimum absolute atomic E-state index is 0.622. The number of nitrogens with two attached hydrogens (primary N) is 1. The maximum atomic E-state index is 10.2. The van der Waals surface area contributed by atoms with Gasteiger partial charge in [0.05, 0.1) is 13.2 Å². The van der Waals surface area contributed by atoms with Crippen LogP contribution >= 0.6 is 0 Å². The number of carbonyl (C=O) groups excluding carboxylic acids is 1. The highest BCUT2D eigenvalue weighted by atomic mass is 16.5. The number of amides is 2. The maximum absolute atomic E-state index is 10.2. The van der Waals surface area contributed by atoms with Crippen LogP contribution in [0.15, 0.2) is 0 Å². The van der Waals surface area contributed by atoms with Crippen molar-refractivity contribution < 1.29 is 9.53 Å². The van der Waals surface area contributed by atoms with E-state index in [2.05, 4.69) is 5.43 Å². The number of morpholine rings is 1. The van der Waals surface area contributed by atoms with Crippen molar-refractivity contribution in [2.75, 3.05) is 26.3 Å². The molecule has 0 aromatic heterocycles. The van der Waals surface area contributed by atoms with Gasteiger partial charge in [-0.1, -0.05) is 0 Å². The van der Waals surface area contributed by atoms with E-state index < -0.39 is 6.03 Å². The first-order valence-electron chi connectivity index (χ1n) is 3.13. The molecule has 0 atom stereocenters. The topological polar surface area (TPSA) is 69.7 Å². The van der Waals surface area contributed by atoms with Crippen molar-refractivity contribution in [3.8, 4) is 0 Å². The molecule has 10 heavy (non-hydrogen) atoms. The fourth-order valence-electron chi connectivity index (χ4n) is 0.793. The van der Waals surface area contributed by atoms with Gasteiger partial charge in [0.1, 0.15) is 0 Å². The molecule has 1 rings (SSSR count). The summed E-state index contributed by atoms with van der Waals surface area (Å²) in [6.07, 6.45) is 0. The fraction of sp³-hybridized carbons (Fsp3) is 0.800. The molecule has 0 unspecified atom stereocenters. The Morgan fingerprint density at radius 3 is 2.60 bits per heavy atom. The fourth-order valence-corrected chi connectivity index (χ4v) is 0.793. The Morgan fingerprint density at radius 1 is 1.50 bits per heavy atom. The molecule has 0 bridgehead atoms. The molecule has 5 nitrogen and oxygen atoms in total. The zero-order valence-electron chi connectivity index (χ0n) is 5.62. The monoisotopic (exact) mass is 144 g/mol. The van der Waals surface area contributed by atoms with Gasteiger partial charge in [0.2, 0.25) is 0 Å². The van der Waals surface area contributed by atoms with E-state index in [1.54, 1.807) is 5.01 Å². The van der Waals surface area contributed by atoms with Crippen LogP contribution in [-0.2, 0) is 4.74 Å². The molecule has 2 amide bonds. The smallest absolute Gasteiger partial charge is 0.350 e. The third-order valence-corrected chi connectivity index (χ3v) is 1.23. The predicted octanol–water partition coefficient (Wildman–Crippen LogP) is -1.08. The van der Waals surface area contributed by atoms with Crippen LogP contribution in [0.2, 0.25) is 0 Å². The summed E-state index contributed by atoms with van der Waals surface area (Å²) in [4.78, 5) is 10.2. The quantitative estimate of drug-likeness (QED) is 0.508. The lowest BCUT2D eigenvalue weighted by molar-refractivity contribution is 0.0181. The molecule has 0 aromatic rings. The van der Waals surface area contributed by atoms with E-state index in [0.29, 0.717) is 26.3 Å². The maximum Gasteiger partial charge on any atom is 0.350 e. The van der Waals surface area contributed by atoms with Gasteiger partial charge < -0.3 is 10.5 Å². The van der Waals surface area contributed by atoms with E-state index in [-0.39, 0.29) is 0 Å². The average molecular weight is 144 g/mol. The van der Waals surface area contributed by atoms with Gasteiger partial charge in [0, 0.05) is 13.1 Å². The van der Waals surface area contributed by atoms with E-state index >= 15 is 0 Å². The van der Waals surface area contributed by atoms with Gasteiger partial charge in [0.25, 0.3) is 0 Å². The molecule has 1 aliphatic heterocycles. The highest BCUT2D eigenvalue weighted by Gasteiger charge is 2.12. The normalized spacial score (nSPS) is 20.4. The molecule has 5 heteroatoms. The summed E-state index contributed by atoms with van der Waals surface area (Å²) in [5.41, 5.74) is 8.36. The summed E-state index contributed by atoms with van der Waals surface area (Å²) in [5, 5.41) is 1.62. The molecule has 0 spiro atoms. The number of primary amides is 1. The summed E-state index contributed by atoms with van der Waals surface area (Å²) in [6.45, 7) is 2.55. The van der Waals surface area contributed by atoms with Crippen LogP contribution < -0.4 is 11.2 Å². The number of hydrogen-bond acceptors (Lipinski definition) is 3. The lowest BCUT2D eigenvalue weighted by Gasteiger charge is -2.23. The van der Waals surface area contributed by atoms with Crippen molar-refractivity contribution in [2.24, 2.45) is 5.73 Å². The first-order chi connectivity index (χ1) is 4.79. The molecule has 1 heterocycles. The second-order valence-corrected chi connectivity index (χ2v) is 2.00. The number of hydrogen-bond donors (Lipinski definition) is 1. The molecule has 1 fully saturated rings. The second-order valence-electron chi connectivity index (χ2n) is 2.00. The average Bonchev–Trinajstić information content (AvgIpc) is 1.88. The van der Waals surface area contributed by atoms with Crippen LogP contribution in [0.25, 0.3) is 0 Å². The van der Waals surface area contributed by atoms with E-state index in [1.165, 1.54) is 0 Å². The molecule has 0 aromatic carbocycles. The number of urea groups is 1. The van der Waals surface area contributed by atoms with Crippen molar-refractivity contribution in [1.82, 2.24) is 10.4 Å². The molecule has 1 saturated heterocycles. The third kappa shape index (κ3) is 2.20. The van der Waals surface area contributed by atoms with Crippen molar-refractivity contribution in [1.29, 1.82) is 0 Å². The van der Waals surface area contributed by atoms with E-state index in [9.17, 15) is 4.79 Å². The molecule has 57 valence electrons. The highest BCUT2D eigenvalue weighted by molar-refractivity contribution is 5.70. The van der Waals surface area contributed by atoms with Crippen LogP contribution in [-0.4, -0.2) is 37.3 Å². The molecule has 1 radical (unpaired) electrons. The van der Waals surface area contributed by atoms with Gasteiger partial charge in [-0.15, -0.1) is 5.43 Å². The van der Waals surface area contributed by atoms with Crippen molar-refractivity contribution in [2.45, 2.75) is 0 Å². The Morgan fingerprint density at radius 2 is 2.10 bits per heavy atom. The molecule has 2 N–H and O–H groups in total. The summed E-state index contributed by atoms with van der Waals surface area (Å²) in [5.74, 6) is 0. The van der Waals surface area contributed by atoms with Crippen LogP contribution in [0.5, 0.6) is 0 Å². The van der Waals surface area contributed by atoms with Crippen LogP contribution in [0.4, 0.5) is 4.79 Å². The number of carbonyl (C=O) groups is 1. The van der Waals surface area contributed by atoms with Crippen LogP contribution in [0.3, 0.4) is 0 Å². The summed E-state index contributed by atoms with van der Waals surface area (Å²) in [6, 6.07) is -0.637. The predicted molar refractivity (Wildman–Crippen MR) is 34.1 cm³/mol. The van der Waals surface area contributed by atoms with Crippen molar-refractivity contribution >= 4 is 6.03 Å². The lowest BCUT2D eigenvalue weighted by Crippen LogP contribution is -2.45. The SMILES string of the molecule is NC(=O)[N]N1CCOCC1. The summed E-state index contributed by atoms with van der Waals surface area (Å²) < 4.78 is 5.03. The van der Waals surface area contributed by atoms with E-state index in [0.717, 1.165) is 0 Å². The lowest BCUT2D eigenvalue weighted by atomic mass is 10.5. The van der Waals surface area contributed by atoms with Gasteiger partial charge in [0.15, 0.2) is 0 Å². The largest absolute Gasteiger partial charge is 0.379 e. The minimum atomic E-state index is -0.637. The van der Waals surface area contributed by atoms with Crippen LogP contribution in [0, 0.1) is 0 Å². The minimum Gasteiger partial charge on any atom is -0.379 e. The molecule has 0 aliphatic carbocycles. The molecular weight excluding hydrogens is 134 g/mol. The first kappa shape index (κ1) is 7.30. The summed E-state index contributed by atoms with van der Waals surface area (Å²) in [7, 11) is 0. The van der Waals surface area contributed by atoms with Gasteiger partial charge in [-0.3, -0.25) is 0 Å². The number of nitrogens with zero attached hydrogens (tertiary/aromatic N) is 2. The standard InChI is InChI=1S/C5H10N3O2/c6-5(9)7-8-1-3-10-4-2-8/h1-4H2,(H2,6,9). The second kappa shape index (κ2) is 3.38. The molecule has 0 saturated carbocycles. The Hall–Kier alpha value is -0.810. The Balaban J connectivity index is 2.19. The Labute approximate surface area is 59.1 Å². The van der Waals surface area contributed by atoms with Gasteiger partial charge in [-0.05, 0) is 0 Å². The van der Waals surface area contributed by atoms with Crippen molar-refractivity contribution in [3.63, 3.8) is 0 Å². The van der Waals surface area contributed by atoms with E-state index in [4.69, 9.17) is 10.5 Å². The van der Waals surface area contributed by atoms with E-state index in [1.807, 2.05) is 0 Å². The molecular formula is C5H10N3O2. The zero-order valence-corrected chi connectivity index (χ0v) is 5.62. The van der Waals surface area contributed by atoms with Gasteiger partial charge in [-0.2, -0.15) is 5.01 Å². The third-order valence-electron chi connectivity index (χ3n) is 1.23. The molecule has 1 aliphatic rings. The number of rotatable bonds is 1. The Bertz CT molecular complexity index is 122. The van der Waals surface area contributed by atoms with Crippen LogP contribution in [0.1, 0.15) is 0 Å². The number of ether oxygens (including phenoxy) is 1. The van der Waals surface area contributed by atoms with Gasteiger partial charge in [-0.25, -0.2) is 4.79 Å². The Kier molecular flexibility index (Phi) is 2.47. The zero-order chi connectivity index (χ0) is 7.40. The highest BCUT2D eigenvalue weighted by Crippen LogP contribution is 1.92. The first-order valence-corrected chi connectivity index (χ1v) is 3.13.